The van der Waals surface area contributed by atoms with Crippen LogP contribution in [-0.2, 0) is 20.7 Å². The number of aromatic nitrogens is 1. The van der Waals surface area contributed by atoms with Crippen LogP contribution in [0.1, 0.15) is 46.0 Å². The van der Waals surface area contributed by atoms with Crippen LogP contribution in [0.2, 0.25) is 0 Å². The van der Waals surface area contributed by atoms with Crippen molar-refractivity contribution in [1.82, 2.24) is 4.98 Å². The lowest BCUT2D eigenvalue weighted by atomic mass is 10.1. The molecule has 160 valence electrons. The molecule has 0 fully saturated rings. The number of hydrogen-bond donors (Lipinski definition) is 2. The molecule has 1 atom stereocenters. The van der Waals surface area contributed by atoms with Gasteiger partial charge in [0.25, 0.3) is 5.91 Å². The highest BCUT2D eigenvalue weighted by atomic mass is 16.6. The van der Waals surface area contributed by atoms with Crippen molar-refractivity contribution < 1.29 is 33.3 Å². The van der Waals surface area contributed by atoms with Crippen LogP contribution in [0, 0.1) is 6.92 Å². The van der Waals surface area contributed by atoms with E-state index in [2.05, 4.69) is 10.3 Å². The van der Waals surface area contributed by atoms with Crippen LogP contribution in [0.25, 0.3) is 0 Å². The first kappa shape index (κ1) is 21.2. The zero-order chi connectivity index (χ0) is 21.8. The first-order valence-corrected chi connectivity index (χ1v) is 9.56. The van der Waals surface area contributed by atoms with Crippen LogP contribution < -0.4 is 14.8 Å². The van der Waals surface area contributed by atoms with E-state index in [0.29, 0.717) is 53.6 Å². The number of methoxy groups -OCH3 is 1. The molecule has 9 heteroatoms. The third kappa shape index (κ3) is 4.24. The standard InChI is InChI=1S/C21H24N2O7/c1-5-14-17(20(25)27-4)11(2)18(23-14)21(26)30-12(3)19(24)22-13-6-7-15-16(10-13)29-9-8-28-15/h6-7,10,12,23H,5,8-9H2,1-4H3,(H,22,24)/t12-/m0/s1. The highest BCUT2D eigenvalue weighted by Crippen LogP contribution is 2.32. The Morgan fingerprint density at radius 1 is 1.17 bits per heavy atom. The Morgan fingerprint density at radius 2 is 1.87 bits per heavy atom. The smallest absolute Gasteiger partial charge is 0.355 e. The lowest BCUT2D eigenvalue weighted by Gasteiger charge is -2.19. The number of H-pyrrole nitrogens is 1. The first-order valence-electron chi connectivity index (χ1n) is 9.56. The molecule has 2 N–H and O–H groups in total. The highest BCUT2D eigenvalue weighted by molar-refractivity contribution is 6.00. The fourth-order valence-electron chi connectivity index (χ4n) is 3.14. The molecule has 1 aliphatic rings. The van der Waals surface area contributed by atoms with Crippen molar-refractivity contribution in [3.63, 3.8) is 0 Å². The molecule has 2 heterocycles. The van der Waals surface area contributed by atoms with E-state index in [0.717, 1.165) is 0 Å². The highest BCUT2D eigenvalue weighted by Gasteiger charge is 2.27. The van der Waals surface area contributed by atoms with Gasteiger partial charge in [-0.25, -0.2) is 9.59 Å². The maximum atomic E-state index is 12.6. The summed E-state index contributed by atoms with van der Waals surface area (Å²) in [5, 5.41) is 2.68. The molecule has 30 heavy (non-hydrogen) atoms. The minimum atomic E-state index is -1.07. The molecule has 0 bridgehead atoms. The molecule has 9 nitrogen and oxygen atoms in total. The van der Waals surface area contributed by atoms with Crippen molar-refractivity contribution >= 4 is 23.5 Å². The molecule has 0 saturated heterocycles. The van der Waals surface area contributed by atoms with Gasteiger partial charge in [0.05, 0.1) is 12.7 Å². The molecule has 1 aromatic heterocycles. The third-order valence-corrected chi connectivity index (χ3v) is 4.74. The van der Waals surface area contributed by atoms with E-state index in [-0.39, 0.29) is 5.69 Å². The SMILES string of the molecule is CCc1[nH]c(C(=O)O[C@@H](C)C(=O)Nc2ccc3c(c2)OCCO3)c(C)c1C(=O)OC. The van der Waals surface area contributed by atoms with E-state index in [1.807, 2.05) is 6.92 Å². The summed E-state index contributed by atoms with van der Waals surface area (Å²) in [7, 11) is 1.27. The molecule has 1 aromatic carbocycles. The van der Waals surface area contributed by atoms with Gasteiger partial charge in [-0.2, -0.15) is 0 Å². The zero-order valence-corrected chi connectivity index (χ0v) is 17.3. The summed E-state index contributed by atoms with van der Waals surface area (Å²) in [5.74, 6) is -0.637. The van der Waals surface area contributed by atoms with Crippen molar-refractivity contribution in [3.05, 3.63) is 40.7 Å². The van der Waals surface area contributed by atoms with Crippen LogP contribution in [0.3, 0.4) is 0 Å². The summed E-state index contributed by atoms with van der Waals surface area (Å²) < 4.78 is 21.0. The first-order chi connectivity index (χ1) is 14.3. The molecule has 0 aliphatic carbocycles. The summed E-state index contributed by atoms with van der Waals surface area (Å²) >= 11 is 0. The predicted molar refractivity (Wildman–Crippen MR) is 107 cm³/mol. The minimum Gasteiger partial charge on any atom is -0.486 e. The molecule has 1 amide bonds. The van der Waals surface area contributed by atoms with E-state index in [4.69, 9.17) is 18.9 Å². The quantitative estimate of drug-likeness (QED) is 0.696. The molecule has 0 unspecified atom stereocenters. The second-order valence-corrected chi connectivity index (χ2v) is 6.72. The van der Waals surface area contributed by atoms with Crippen molar-refractivity contribution in [2.45, 2.75) is 33.3 Å². The monoisotopic (exact) mass is 416 g/mol. The van der Waals surface area contributed by atoms with Crippen molar-refractivity contribution in [2.24, 2.45) is 0 Å². The summed E-state index contributed by atoms with van der Waals surface area (Å²) in [6.07, 6.45) is -0.571. The molecule has 0 saturated carbocycles. The number of benzene rings is 1. The Hall–Kier alpha value is -3.49. The van der Waals surface area contributed by atoms with Gasteiger partial charge in [0, 0.05) is 17.4 Å². The lowest BCUT2D eigenvalue weighted by molar-refractivity contribution is -0.123. The van der Waals surface area contributed by atoms with E-state index in [1.54, 1.807) is 25.1 Å². The van der Waals surface area contributed by atoms with Crippen molar-refractivity contribution in [3.8, 4) is 11.5 Å². The molecular weight excluding hydrogens is 392 g/mol. The Kier molecular flexibility index (Phi) is 6.29. The number of aryl methyl sites for hydroxylation is 1. The number of nitrogens with one attached hydrogen (secondary N) is 2. The molecule has 2 aromatic rings. The number of ether oxygens (including phenoxy) is 4. The van der Waals surface area contributed by atoms with Gasteiger partial charge in [-0.05, 0) is 38.0 Å². The number of aromatic amines is 1. The summed E-state index contributed by atoms with van der Waals surface area (Å²) in [6.45, 7) is 5.84. The van der Waals surface area contributed by atoms with Crippen LogP contribution in [0.15, 0.2) is 18.2 Å². The third-order valence-electron chi connectivity index (χ3n) is 4.74. The number of rotatable bonds is 6. The van der Waals surface area contributed by atoms with Gasteiger partial charge in [0.2, 0.25) is 0 Å². The van der Waals surface area contributed by atoms with E-state index in [9.17, 15) is 14.4 Å². The van der Waals surface area contributed by atoms with Gasteiger partial charge in [0.15, 0.2) is 17.6 Å². The van der Waals surface area contributed by atoms with Gasteiger partial charge in [-0.1, -0.05) is 6.92 Å². The van der Waals surface area contributed by atoms with Crippen LogP contribution >= 0.6 is 0 Å². The van der Waals surface area contributed by atoms with Gasteiger partial charge >= 0.3 is 11.9 Å². The van der Waals surface area contributed by atoms with E-state index in [1.165, 1.54) is 14.0 Å². The fraction of sp³-hybridized carbons (Fsp3) is 0.381. The molecule has 0 spiro atoms. The Morgan fingerprint density at radius 3 is 2.53 bits per heavy atom. The number of anilines is 1. The van der Waals surface area contributed by atoms with Gasteiger partial charge < -0.3 is 29.2 Å². The topological polar surface area (TPSA) is 116 Å². The fourth-order valence-corrected chi connectivity index (χ4v) is 3.14. The number of esters is 2. The van der Waals surface area contributed by atoms with Crippen molar-refractivity contribution in [1.29, 1.82) is 0 Å². The van der Waals surface area contributed by atoms with Crippen LogP contribution in [-0.4, -0.2) is 49.3 Å². The van der Waals surface area contributed by atoms with E-state index < -0.39 is 23.9 Å². The Balaban J connectivity index is 1.69. The molecule has 0 radical (unpaired) electrons. The summed E-state index contributed by atoms with van der Waals surface area (Å²) in [5.41, 5.74) is 1.90. The average Bonchev–Trinajstić information content (AvgIpc) is 3.09. The predicted octanol–water partition coefficient (Wildman–Crippen LogP) is 2.63. The normalized spacial score (nSPS) is 13.3. The maximum Gasteiger partial charge on any atom is 0.355 e. The van der Waals surface area contributed by atoms with Crippen molar-refractivity contribution in [2.75, 3.05) is 25.6 Å². The Bertz CT molecular complexity index is 980. The number of hydrogen-bond acceptors (Lipinski definition) is 7. The molecule has 1 aliphatic heterocycles. The molecular formula is C21H24N2O7. The lowest BCUT2D eigenvalue weighted by Crippen LogP contribution is -2.30. The van der Waals surface area contributed by atoms with Gasteiger partial charge in [-0.15, -0.1) is 0 Å². The van der Waals surface area contributed by atoms with Gasteiger partial charge in [0.1, 0.15) is 18.9 Å². The average molecular weight is 416 g/mol. The van der Waals surface area contributed by atoms with Crippen LogP contribution in [0.5, 0.6) is 11.5 Å². The summed E-state index contributed by atoms with van der Waals surface area (Å²) in [4.78, 5) is 40.0. The number of carbonyl (C=O) groups excluding carboxylic acids is 3. The second-order valence-electron chi connectivity index (χ2n) is 6.72. The maximum absolute atomic E-state index is 12.6. The van der Waals surface area contributed by atoms with Crippen LogP contribution in [0.4, 0.5) is 5.69 Å². The summed E-state index contributed by atoms with van der Waals surface area (Å²) in [6, 6.07) is 5.02. The largest absolute Gasteiger partial charge is 0.486 e. The number of amides is 1. The van der Waals surface area contributed by atoms with E-state index >= 15 is 0 Å². The number of carbonyl (C=O) groups is 3. The number of fused-ring (bicyclic) bond motifs is 1. The zero-order valence-electron chi connectivity index (χ0n) is 17.3. The Labute approximate surface area is 173 Å². The second kappa shape index (κ2) is 8.89. The molecule has 3 rings (SSSR count). The minimum absolute atomic E-state index is 0.117. The van der Waals surface area contributed by atoms with Gasteiger partial charge in [-0.3, -0.25) is 4.79 Å².